The molecule has 4 rings (SSSR count). The van der Waals surface area contributed by atoms with E-state index in [0.29, 0.717) is 0 Å². The van der Waals surface area contributed by atoms with Gasteiger partial charge in [0.05, 0.1) is 0 Å². The normalized spacial score (nSPS) is 18.8. The van der Waals surface area contributed by atoms with Gasteiger partial charge in [0.25, 0.3) is 0 Å². The SMILES string of the molecule is CC(=O)Nc1ccc(C2CN(C)Cc3c(Cl)cc(NCC4CC4)cc32)cc1.Cl. The van der Waals surface area contributed by atoms with Crippen molar-refractivity contribution >= 4 is 41.3 Å². The van der Waals surface area contributed by atoms with Crippen molar-refractivity contribution in [1.29, 1.82) is 0 Å². The number of hydrogen-bond donors (Lipinski definition) is 2. The topological polar surface area (TPSA) is 44.4 Å². The molecule has 1 amide bonds. The molecule has 1 atom stereocenters. The van der Waals surface area contributed by atoms with Crippen LogP contribution in [0.1, 0.15) is 42.4 Å². The fourth-order valence-electron chi connectivity index (χ4n) is 3.85. The van der Waals surface area contributed by atoms with Gasteiger partial charge in [-0.3, -0.25) is 4.79 Å². The average Bonchev–Trinajstić information content (AvgIpc) is 3.45. The molecule has 4 nitrogen and oxygen atoms in total. The van der Waals surface area contributed by atoms with Gasteiger partial charge in [-0.05, 0) is 66.8 Å². The highest BCUT2D eigenvalue weighted by Crippen LogP contribution is 2.39. The Morgan fingerprint density at radius 3 is 2.54 bits per heavy atom. The number of rotatable bonds is 5. The molecule has 1 unspecified atom stereocenters. The Morgan fingerprint density at radius 1 is 1.18 bits per heavy atom. The summed E-state index contributed by atoms with van der Waals surface area (Å²) in [7, 11) is 2.14. The van der Waals surface area contributed by atoms with E-state index >= 15 is 0 Å². The van der Waals surface area contributed by atoms with Crippen molar-refractivity contribution in [3.05, 3.63) is 58.1 Å². The Morgan fingerprint density at radius 2 is 1.89 bits per heavy atom. The third kappa shape index (κ3) is 4.80. The summed E-state index contributed by atoms with van der Waals surface area (Å²) in [4.78, 5) is 13.6. The van der Waals surface area contributed by atoms with E-state index in [9.17, 15) is 4.79 Å². The first kappa shape index (κ1) is 21.0. The van der Waals surface area contributed by atoms with Gasteiger partial charge in [0.2, 0.25) is 5.91 Å². The molecule has 0 aromatic heterocycles. The highest BCUT2D eigenvalue weighted by molar-refractivity contribution is 6.31. The number of benzene rings is 2. The fourth-order valence-corrected chi connectivity index (χ4v) is 4.14. The molecule has 28 heavy (non-hydrogen) atoms. The number of nitrogens with one attached hydrogen (secondary N) is 2. The number of carbonyl (C=O) groups is 1. The maximum atomic E-state index is 11.3. The predicted molar refractivity (Wildman–Crippen MR) is 119 cm³/mol. The first-order valence-corrected chi connectivity index (χ1v) is 9.99. The molecule has 2 aromatic carbocycles. The summed E-state index contributed by atoms with van der Waals surface area (Å²) in [6.07, 6.45) is 2.67. The van der Waals surface area contributed by atoms with Crippen LogP contribution in [0.5, 0.6) is 0 Å². The maximum Gasteiger partial charge on any atom is 0.221 e. The van der Waals surface area contributed by atoms with Crippen molar-refractivity contribution in [2.45, 2.75) is 32.2 Å². The number of carbonyl (C=O) groups excluding carboxylic acids is 1. The molecule has 150 valence electrons. The summed E-state index contributed by atoms with van der Waals surface area (Å²) in [5.74, 6) is 1.04. The summed E-state index contributed by atoms with van der Waals surface area (Å²) < 4.78 is 0. The highest BCUT2D eigenvalue weighted by Gasteiger charge is 2.27. The van der Waals surface area contributed by atoms with Crippen LogP contribution in [-0.4, -0.2) is 30.9 Å². The summed E-state index contributed by atoms with van der Waals surface area (Å²) >= 11 is 6.66. The van der Waals surface area contributed by atoms with E-state index in [1.807, 2.05) is 12.1 Å². The summed E-state index contributed by atoms with van der Waals surface area (Å²) in [6.45, 7) is 4.38. The first-order valence-electron chi connectivity index (χ1n) is 9.62. The second-order valence-corrected chi connectivity index (χ2v) is 8.31. The quantitative estimate of drug-likeness (QED) is 0.706. The first-order chi connectivity index (χ1) is 13.0. The van der Waals surface area contributed by atoms with Gasteiger partial charge in [-0.1, -0.05) is 23.7 Å². The van der Waals surface area contributed by atoms with E-state index in [-0.39, 0.29) is 24.2 Å². The molecule has 1 aliphatic carbocycles. The van der Waals surface area contributed by atoms with Crippen molar-refractivity contribution in [3.63, 3.8) is 0 Å². The number of anilines is 2. The Hall–Kier alpha value is -1.75. The molecule has 1 heterocycles. The third-order valence-electron chi connectivity index (χ3n) is 5.45. The van der Waals surface area contributed by atoms with Gasteiger partial charge < -0.3 is 15.5 Å². The molecule has 2 aliphatic rings. The molecule has 1 fully saturated rings. The minimum absolute atomic E-state index is 0. The second kappa shape index (κ2) is 8.73. The number of nitrogens with zero attached hydrogens (tertiary/aromatic N) is 1. The molecule has 1 aliphatic heterocycles. The largest absolute Gasteiger partial charge is 0.385 e. The average molecular weight is 420 g/mol. The van der Waals surface area contributed by atoms with Crippen LogP contribution in [0.3, 0.4) is 0 Å². The van der Waals surface area contributed by atoms with E-state index in [4.69, 9.17) is 11.6 Å². The maximum absolute atomic E-state index is 11.3. The van der Waals surface area contributed by atoms with Crippen molar-refractivity contribution in [1.82, 2.24) is 4.90 Å². The number of amides is 1. The standard InChI is InChI=1S/C22H26ClN3O.ClH/c1-14(27)25-17-7-5-16(6-8-17)20-12-26(2)13-21-19(20)9-18(10-22(21)23)24-11-15-3-4-15;/h5-10,15,20,24H,3-4,11-13H2,1-2H3,(H,25,27);1H. The lowest BCUT2D eigenvalue weighted by Gasteiger charge is -2.34. The van der Waals surface area contributed by atoms with E-state index in [1.54, 1.807) is 0 Å². The number of halogens is 2. The van der Waals surface area contributed by atoms with Gasteiger partial charge in [0.1, 0.15) is 0 Å². The Balaban J connectivity index is 0.00000225. The van der Waals surface area contributed by atoms with Crippen LogP contribution >= 0.6 is 24.0 Å². The van der Waals surface area contributed by atoms with Gasteiger partial charge in [-0.15, -0.1) is 12.4 Å². The molecule has 2 aromatic rings. The fraction of sp³-hybridized carbons (Fsp3) is 0.409. The zero-order valence-electron chi connectivity index (χ0n) is 16.3. The summed E-state index contributed by atoms with van der Waals surface area (Å²) in [6, 6.07) is 12.5. The minimum atomic E-state index is -0.0522. The Kier molecular flexibility index (Phi) is 6.54. The smallest absolute Gasteiger partial charge is 0.221 e. The van der Waals surface area contributed by atoms with Crippen molar-refractivity contribution in [3.8, 4) is 0 Å². The number of hydrogen-bond acceptors (Lipinski definition) is 3. The molecule has 0 bridgehead atoms. The molecule has 6 heteroatoms. The molecular weight excluding hydrogens is 393 g/mol. The van der Waals surface area contributed by atoms with Crippen LogP contribution in [-0.2, 0) is 11.3 Å². The van der Waals surface area contributed by atoms with Gasteiger partial charge in [0.15, 0.2) is 0 Å². The van der Waals surface area contributed by atoms with Gasteiger partial charge in [0, 0.05) is 48.9 Å². The lowest BCUT2D eigenvalue weighted by atomic mass is 9.84. The number of likely N-dealkylation sites (N-methyl/N-ethyl adjacent to an activating group) is 1. The second-order valence-electron chi connectivity index (χ2n) is 7.90. The van der Waals surface area contributed by atoms with Crippen LogP contribution in [0.25, 0.3) is 0 Å². The Labute approximate surface area is 178 Å². The third-order valence-corrected chi connectivity index (χ3v) is 5.79. The van der Waals surface area contributed by atoms with E-state index < -0.39 is 0 Å². The summed E-state index contributed by atoms with van der Waals surface area (Å²) in [5.41, 5.74) is 5.72. The van der Waals surface area contributed by atoms with Crippen LogP contribution in [0.2, 0.25) is 5.02 Å². The molecule has 0 saturated heterocycles. The Bertz CT molecular complexity index is 850. The van der Waals surface area contributed by atoms with Crippen molar-refractivity contribution < 1.29 is 4.79 Å². The lowest BCUT2D eigenvalue weighted by molar-refractivity contribution is -0.114. The van der Waals surface area contributed by atoms with Gasteiger partial charge in [-0.2, -0.15) is 0 Å². The van der Waals surface area contributed by atoms with Crippen LogP contribution in [0, 0.1) is 5.92 Å². The van der Waals surface area contributed by atoms with Crippen molar-refractivity contribution in [2.24, 2.45) is 5.92 Å². The van der Waals surface area contributed by atoms with Crippen LogP contribution in [0.4, 0.5) is 11.4 Å². The predicted octanol–water partition coefficient (Wildman–Crippen LogP) is 5.12. The van der Waals surface area contributed by atoms with E-state index in [2.05, 4.69) is 46.8 Å². The zero-order valence-corrected chi connectivity index (χ0v) is 17.9. The van der Waals surface area contributed by atoms with E-state index in [0.717, 1.165) is 41.9 Å². The highest BCUT2D eigenvalue weighted by atomic mass is 35.5. The van der Waals surface area contributed by atoms with Crippen LogP contribution in [0.15, 0.2) is 36.4 Å². The summed E-state index contributed by atoms with van der Waals surface area (Å²) in [5, 5.41) is 7.24. The molecular formula is C22H27Cl2N3O. The van der Waals surface area contributed by atoms with Gasteiger partial charge >= 0.3 is 0 Å². The van der Waals surface area contributed by atoms with Crippen LogP contribution < -0.4 is 10.6 Å². The van der Waals surface area contributed by atoms with Gasteiger partial charge in [-0.25, -0.2) is 0 Å². The molecule has 2 N–H and O–H groups in total. The lowest BCUT2D eigenvalue weighted by Crippen LogP contribution is -2.31. The minimum Gasteiger partial charge on any atom is -0.385 e. The monoisotopic (exact) mass is 419 g/mol. The molecule has 0 spiro atoms. The van der Waals surface area contributed by atoms with E-state index in [1.165, 1.54) is 36.5 Å². The van der Waals surface area contributed by atoms with Crippen molar-refractivity contribution in [2.75, 3.05) is 30.8 Å². The zero-order chi connectivity index (χ0) is 19.0. The number of fused-ring (bicyclic) bond motifs is 1. The molecule has 1 saturated carbocycles. The molecule has 0 radical (unpaired) electrons.